The molecule has 0 saturated carbocycles. The smallest absolute Gasteiger partial charge is 0.0472 e. The second-order valence-corrected chi connectivity index (χ2v) is 5.44. The number of benzene rings is 1. The highest BCUT2D eigenvalue weighted by Crippen LogP contribution is 2.22. The standard InChI is InChI=1S/C14H20ClNO/c1-11-7-13(10-17)9-16(11)6-5-12-3-2-4-14(15)8-12/h2-4,8,11,13,17H,5-7,9-10H2,1H3. The number of hydrogen-bond acceptors (Lipinski definition) is 2. The Morgan fingerprint density at radius 3 is 2.94 bits per heavy atom. The normalized spacial score (nSPS) is 25.4. The molecule has 1 aliphatic rings. The highest BCUT2D eigenvalue weighted by Gasteiger charge is 2.27. The van der Waals surface area contributed by atoms with Gasteiger partial charge in [-0.15, -0.1) is 0 Å². The van der Waals surface area contributed by atoms with Crippen LogP contribution in [0.1, 0.15) is 18.9 Å². The molecule has 2 atom stereocenters. The van der Waals surface area contributed by atoms with E-state index in [1.807, 2.05) is 18.2 Å². The SMILES string of the molecule is CC1CC(CO)CN1CCc1cccc(Cl)c1. The maximum atomic E-state index is 9.18. The Bertz CT molecular complexity index is 369. The molecule has 17 heavy (non-hydrogen) atoms. The molecule has 2 unspecified atom stereocenters. The lowest BCUT2D eigenvalue weighted by Gasteiger charge is -2.20. The third-order valence-corrected chi connectivity index (χ3v) is 3.86. The van der Waals surface area contributed by atoms with Crippen molar-refractivity contribution in [2.75, 3.05) is 19.7 Å². The van der Waals surface area contributed by atoms with Gasteiger partial charge in [0.15, 0.2) is 0 Å². The predicted molar refractivity (Wildman–Crippen MR) is 71.4 cm³/mol. The van der Waals surface area contributed by atoms with Crippen LogP contribution in [0.5, 0.6) is 0 Å². The van der Waals surface area contributed by atoms with Gasteiger partial charge in [-0.2, -0.15) is 0 Å². The van der Waals surface area contributed by atoms with Crippen molar-refractivity contribution in [2.45, 2.75) is 25.8 Å². The van der Waals surface area contributed by atoms with Crippen molar-refractivity contribution in [1.82, 2.24) is 4.90 Å². The molecule has 94 valence electrons. The van der Waals surface area contributed by atoms with E-state index in [1.165, 1.54) is 5.56 Å². The Kier molecular flexibility index (Phi) is 4.43. The summed E-state index contributed by atoms with van der Waals surface area (Å²) in [5.41, 5.74) is 1.29. The highest BCUT2D eigenvalue weighted by molar-refractivity contribution is 6.30. The summed E-state index contributed by atoms with van der Waals surface area (Å²) >= 11 is 5.97. The summed E-state index contributed by atoms with van der Waals surface area (Å²) in [6.07, 6.45) is 2.15. The molecular formula is C14H20ClNO. The summed E-state index contributed by atoms with van der Waals surface area (Å²) in [7, 11) is 0. The van der Waals surface area contributed by atoms with Gasteiger partial charge in [0, 0.05) is 30.8 Å². The predicted octanol–water partition coefficient (Wildman–Crippen LogP) is 2.59. The Morgan fingerprint density at radius 2 is 2.29 bits per heavy atom. The van der Waals surface area contributed by atoms with Crippen LogP contribution in [0.2, 0.25) is 5.02 Å². The summed E-state index contributed by atoms with van der Waals surface area (Å²) in [5.74, 6) is 0.462. The molecule has 0 radical (unpaired) electrons. The van der Waals surface area contributed by atoms with Crippen molar-refractivity contribution < 1.29 is 5.11 Å². The molecular weight excluding hydrogens is 234 g/mol. The van der Waals surface area contributed by atoms with Crippen LogP contribution in [0.25, 0.3) is 0 Å². The first-order valence-corrected chi connectivity index (χ1v) is 6.66. The van der Waals surface area contributed by atoms with E-state index in [0.717, 1.165) is 31.0 Å². The lowest BCUT2D eigenvalue weighted by atomic mass is 10.1. The van der Waals surface area contributed by atoms with Crippen LogP contribution >= 0.6 is 11.6 Å². The van der Waals surface area contributed by atoms with E-state index < -0.39 is 0 Å². The van der Waals surface area contributed by atoms with Crippen molar-refractivity contribution in [1.29, 1.82) is 0 Å². The van der Waals surface area contributed by atoms with Gasteiger partial charge in [-0.1, -0.05) is 23.7 Å². The lowest BCUT2D eigenvalue weighted by Crippen LogP contribution is -2.29. The molecule has 0 aromatic heterocycles. The minimum atomic E-state index is 0.317. The maximum absolute atomic E-state index is 9.18. The first kappa shape index (κ1) is 12.9. The average Bonchev–Trinajstić information content (AvgIpc) is 2.68. The van der Waals surface area contributed by atoms with Crippen LogP contribution in [0.15, 0.2) is 24.3 Å². The maximum Gasteiger partial charge on any atom is 0.0472 e. The Morgan fingerprint density at radius 1 is 1.47 bits per heavy atom. The van der Waals surface area contributed by atoms with E-state index in [4.69, 9.17) is 11.6 Å². The molecule has 1 aromatic rings. The van der Waals surface area contributed by atoms with Crippen molar-refractivity contribution in [3.05, 3.63) is 34.9 Å². The molecule has 1 heterocycles. The van der Waals surface area contributed by atoms with Gasteiger partial charge in [0.05, 0.1) is 0 Å². The summed E-state index contributed by atoms with van der Waals surface area (Å²) in [6.45, 7) is 4.64. The monoisotopic (exact) mass is 253 g/mol. The van der Waals surface area contributed by atoms with E-state index in [9.17, 15) is 5.11 Å². The molecule has 2 nitrogen and oxygen atoms in total. The topological polar surface area (TPSA) is 23.5 Å². The molecule has 0 aliphatic carbocycles. The first-order valence-electron chi connectivity index (χ1n) is 6.28. The Balaban J connectivity index is 1.86. The summed E-state index contributed by atoms with van der Waals surface area (Å²) in [4.78, 5) is 2.46. The van der Waals surface area contributed by atoms with Crippen LogP contribution in [-0.2, 0) is 6.42 Å². The third kappa shape index (κ3) is 3.44. The highest BCUT2D eigenvalue weighted by atomic mass is 35.5. The number of halogens is 1. The van der Waals surface area contributed by atoms with Crippen LogP contribution < -0.4 is 0 Å². The average molecular weight is 254 g/mol. The molecule has 1 fully saturated rings. The van der Waals surface area contributed by atoms with E-state index in [1.54, 1.807) is 0 Å². The summed E-state index contributed by atoms with van der Waals surface area (Å²) < 4.78 is 0. The number of rotatable bonds is 4. The molecule has 0 amide bonds. The van der Waals surface area contributed by atoms with Gasteiger partial charge in [0.2, 0.25) is 0 Å². The van der Waals surface area contributed by atoms with Gasteiger partial charge in [0.25, 0.3) is 0 Å². The van der Waals surface area contributed by atoms with Gasteiger partial charge in [-0.3, -0.25) is 4.90 Å². The molecule has 0 spiro atoms. The Hall–Kier alpha value is -0.570. The Labute approximate surface area is 108 Å². The third-order valence-electron chi connectivity index (χ3n) is 3.63. The number of nitrogens with zero attached hydrogens (tertiary/aromatic N) is 1. The zero-order valence-electron chi connectivity index (χ0n) is 10.3. The molecule has 1 N–H and O–H groups in total. The number of aliphatic hydroxyl groups excluding tert-OH is 1. The zero-order valence-corrected chi connectivity index (χ0v) is 11.0. The molecule has 1 aliphatic heterocycles. The first-order chi connectivity index (χ1) is 8.19. The van der Waals surface area contributed by atoms with Crippen LogP contribution in [0, 0.1) is 5.92 Å². The molecule has 1 aromatic carbocycles. The van der Waals surface area contributed by atoms with E-state index in [2.05, 4.69) is 17.9 Å². The lowest BCUT2D eigenvalue weighted by molar-refractivity contribution is 0.219. The molecule has 2 rings (SSSR count). The molecule has 3 heteroatoms. The second-order valence-electron chi connectivity index (χ2n) is 5.01. The van der Waals surface area contributed by atoms with Crippen molar-refractivity contribution >= 4 is 11.6 Å². The molecule has 1 saturated heterocycles. The van der Waals surface area contributed by atoms with Crippen LogP contribution in [-0.4, -0.2) is 35.7 Å². The number of likely N-dealkylation sites (tertiary alicyclic amines) is 1. The fourth-order valence-electron chi connectivity index (χ4n) is 2.63. The van der Waals surface area contributed by atoms with Gasteiger partial charge in [-0.25, -0.2) is 0 Å². The minimum Gasteiger partial charge on any atom is -0.396 e. The van der Waals surface area contributed by atoms with Crippen LogP contribution in [0.3, 0.4) is 0 Å². The van der Waals surface area contributed by atoms with Crippen LogP contribution in [0.4, 0.5) is 0 Å². The van der Waals surface area contributed by atoms with Gasteiger partial charge >= 0.3 is 0 Å². The second kappa shape index (κ2) is 5.85. The largest absolute Gasteiger partial charge is 0.396 e. The van der Waals surface area contributed by atoms with E-state index in [0.29, 0.717) is 18.6 Å². The number of aliphatic hydroxyl groups is 1. The summed E-state index contributed by atoms with van der Waals surface area (Å²) in [6, 6.07) is 8.65. The quantitative estimate of drug-likeness (QED) is 0.892. The van der Waals surface area contributed by atoms with Crippen molar-refractivity contribution in [3.63, 3.8) is 0 Å². The minimum absolute atomic E-state index is 0.317. The van der Waals surface area contributed by atoms with E-state index in [-0.39, 0.29) is 0 Å². The van der Waals surface area contributed by atoms with Crippen molar-refractivity contribution in [2.24, 2.45) is 5.92 Å². The molecule has 0 bridgehead atoms. The van der Waals surface area contributed by atoms with Crippen molar-refractivity contribution in [3.8, 4) is 0 Å². The number of hydrogen-bond donors (Lipinski definition) is 1. The van der Waals surface area contributed by atoms with E-state index >= 15 is 0 Å². The van der Waals surface area contributed by atoms with Gasteiger partial charge < -0.3 is 5.11 Å². The van der Waals surface area contributed by atoms with Gasteiger partial charge in [0.1, 0.15) is 0 Å². The summed E-state index contributed by atoms with van der Waals surface area (Å²) in [5, 5.41) is 9.99. The fraction of sp³-hybridized carbons (Fsp3) is 0.571. The fourth-order valence-corrected chi connectivity index (χ4v) is 2.84. The van der Waals surface area contributed by atoms with Gasteiger partial charge in [-0.05, 0) is 43.4 Å². The zero-order chi connectivity index (χ0) is 12.3.